The molecule has 1 radical (unpaired) electrons. The fourth-order valence-corrected chi connectivity index (χ4v) is 2.38. The predicted octanol–water partition coefficient (Wildman–Crippen LogP) is 4.48. The lowest BCUT2D eigenvalue weighted by molar-refractivity contribution is 1.57. The second-order valence-electron chi connectivity index (χ2n) is 4.23. The van der Waals surface area contributed by atoms with Gasteiger partial charge in [0.15, 0.2) is 0 Å². The van der Waals surface area contributed by atoms with Gasteiger partial charge in [-0.25, -0.2) is 0 Å². The molecule has 0 spiro atoms. The van der Waals surface area contributed by atoms with E-state index in [-0.39, 0.29) is 0 Å². The highest BCUT2D eigenvalue weighted by atomic mass is 14.1. The van der Waals surface area contributed by atoms with Crippen molar-refractivity contribution in [2.24, 2.45) is 0 Å². The minimum Gasteiger partial charge on any atom is -0.0616 e. The molecule has 3 rings (SSSR count). The first-order chi connectivity index (χ1) is 7.77. The maximum absolute atomic E-state index is 4.10. The Morgan fingerprint density at radius 1 is 0.812 bits per heavy atom. The largest absolute Gasteiger partial charge is 0.0616 e. The van der Waals surface area contributed by atoms with E-state index in [0.717, 1.165) is 5.56 Å². The van der Waals surface area contributed by atoms with Crippen molar-refractivity contribution in [3.63, 3.8) is 0 Å². The third kappa shape index (κ3) is 1.23. The highest BCUT2D eigenvalue weighted by Crippen LogP contribution is 2.29. The molecule has 0 N–H and O–H groups in total. The molecule has 3 aromatic carbocycles. The van der Waals surface area contributed by atoms with Gasteiger partial charge in [0.1, 0.15) is 0 Å². The van der Waals surface area contributed by atoms with Gasteiger partial charge in [0.25, 0.3) is 0 Å². The lowest BCUT2D eigenvalue weighted by Crippen LogP contribution is -1.84. The zero-order valence-corrected chi connectivity index (χ0v) is 9.33. The van der Waals surface area contributed by atoms with E-state index >= 15 is 0 Å². The Morgan fingerprint density at radius 3 is 2.44 bits per heavy atom. The highest BCUT2D eigenvalue weighted by Gasteiger charge is 2.04. The Balaban J connectivity index is 2.61. The Morgan fingerprint density at radius 2 is 1.56 bits per heavy atom. The normalized spacial score (nSPS) is 11.1. The molecule has 0 saturated carbocycles. The van der Waals surface area contributed by atoms with Crippen LogP contribution in [0, 0.1) is 13.8 Å². The van der Waals surface area contributed by atoms with Gasteiger partial charge in [0.2, 0.25) is 0 Å². The van der Waals surface area contributed by atoms with Crippen molar-refractivity contribution in [2.75, 3.05) is 0 Å². The molecule has 0 nitrogen and oxygen atoms in total. The average Bonchev–Trinajstić information content (AvgIpc) is 2.31. The summed E-state index contributed by atoms with van der Waals surface area (Å²) in [6.45, 7) is 6.28. The van der Waals surface area contributed by atoms with Crippen LogP contribution in [-0.2, 0) is 0 Å². The number of benzene rings is 3. The van der Waals surface area contributed by atoms with E-state index in [0.29, 0.717) is 0 Å². The molecular formula is C16H13. The van der Waals surface area contributed by atoms with Crippen molar-refractivity contribution < 1.29 is 0 Å². The number of hydrogen-bond donors (Lipinski definition) is 0. The van der Waals surface area contributed by atoms with E-state index in [1.54, 1.807) is 0 Å². The smallest absolute Gasteiger partial charge is 0.0143 e. The second kappa shape index (κ2) is 3.34. The third-order valence-electron chi connectivity index (χ3n) is 3.27. The van der Waals surface area contributed by atoms with Gasteiger partial charge in [-0.05, 0) is 52.6 Å². The van der Waals surface area contributed by atoms with Gasteiger partial charge in [-0.1, -0.05) is 42.5 Å². The second-order valence-corrected chi connectivity index (χ2v) is 4.23. The summed E-state index contributed by atoms with van der Waals surface area (Å²) in [5, 5.41) is 5.20. The van der Waals surface area contributed by atoms with Gasteiger partial charge in [0, 0.05) is 0 Å². The van der Waals surface area contributed by atoms with Gasteiger partial charge in [-0.2, -0.15) is 0 Å². The van der Waals surface area contributed by atoms with Crippen molar-refractivity contribution in [1.82, 2.24) is 0 Å². The molecule has 0 aromatic heterocycles. The van der Waals surface area contributed by atoms with Gasteiger partial charge in [-0.15, -0.1) is 0 Å². The average molecular weight is 205 g/mol. The van der Waals surface area contributed by atoms with Crippen molar-refractivity contribution >= 4 is 21.5 Å². The molecule has 0 unspecified atom stereocenters. The van der Waals surface area contributed by atoms with Crippen molar-refractivity contribution in [2.45, 2.75) is 6.92 Å². The minimum atomic E-state index is 1.10. The van der Waals surface area contributed by atoms with Crippen LogP contribution >= 0.6 is 0 Å². The molecule has 0 aliphatic heterocycles. The molecular weight excluding hydrogens is 192 g/mol. The van der Waals surface area contributed by atoms with Crippen molar-refractivity contribution in [1.29, 1.82) is 0 Å². The van der Waals surface area contributed by atoms with Gasteiger partial charge in [-0.3, -0.25) is 0 Å². The first kappa shape index (κ1) is 9.41. The van der Waals surface area contributed by atoms with Crippen LogP contribution < -0.4 is 0 Å². The lowest BCUT2D eigenvalue weighted by Gasteiger charge is -2.09. The Kier molecular flexibility index (Phi) is 1.97. The zero-order chi connectivity index (χ0) is 11.1. The SMILES string of the molecule is [CH2]c1cccc2c(C)c3ccccc3cc12. The number of fused-ring (bicyclic) bond motifs is 2. The molecule has 0 fully saturated rings. The highest BCUT2D eigenvalue weighted by molar-refractivity contribution is 6.03. The summed E-state index contributed by atoms with van der Waals surface area (Å²) >= 11 is 0. The number of aryl methyl sites for hydroxylation is 1. The van der Waals surface area contributed by atoms with Crippen LogP contribution in [0.3, 0.4) is 0 Å². The standard InChI is InChI=1S/C16H13/c1-11-6-5-9-15-12(2)14-8-4-3-7-13(14)10-16(11)15/h3-10H,1H2,2H3. The van der Waals surface area contributed by atoms with Gasteiger partial charge < -0.3 is 0 Å². The number of rotatable bonds is 0. The third-order valence-corrected chi connectivity index (χ3v) is 3.27. The topological polar surface area (TPSA) is 0 Å². The molecule has 0 saturated heterocycles. The van der Waals surface area contributed by atoms with Crippen LogP contribution in [0.15, 0.2) is 48.5 Å². The molecule has 16 heavy (non-hydrogen) atoms. The summed E-state index contributed by atoms with van der Waals surface area (Å²) in [5.41, 5.74) is 2.45. The van der Waals surface area contributed by atoms with Crippen LogP contribution in [0.5, 0.6) is 0 Å². The van der Waals surface area contributed by atoms with Gasteiger partial charge >= 0.3 is 0 Å². The summed E-state index contributed by atoms with van der Waals surface area (Å²) in [5.74, 6) is 0. The summed E-state index contributed by atoms with van der Waals surface area (Å²) in [4.78, 5) is 0. The maximum atomic E-state index is 4.10. The van der Waals surface area contributed by atoms with Crippen LogP contribution in [0.1, 0.15) is 11.1 Å². The zero-order valence-electron chi connectivity index (χ0n) is 9.33. The molecule has 0 heterocycles. The summed E-state index contributed by atoms with van der Waals surface area (Å²) < 4.78 is 0. The van der Waals surface area contributed by atoms with E-state index < -0.39 is 0 Å². The fraction of sp³-hybridized carbons (Fsp3) is 0.0625. The monoisotopic (exact) mass is 205 g/mol. The van der Waals surface area contributed by atoms with E-state index in [4.69, 9.17) is 0 Å². The van der Waals surface area contributed by atoms with E-state index in [1.807, 2.05) is 0 Å². The summed E-state index contributed by atoms with van der Waals surface area (Å²) in [7, 11) is 0. The molecule has 0 atom stereocenters. The van der Waals surface area contributed by atoms with Crippen LogP contribution in [0.2, 0.25) is 0 Å². The maximum Gasteiger partial charge on any atom is -0.0143 e. The van der Waals surface area contributed by atoms with E-state index in [9.17, 15) is 0 Å². The molecule has 0 heteroatoms. The van der Waals surface area contributed by atoms with Crippen LogP contribution in [0.4, 0.5) is 0 Å². The Bertz CT molecular complexity index is 678. The quantitative estimate of drug-likeness (QED) is 0.474. The fourth-order valence-electron chi connectivity index (χ4n) is 2.38. The van der Waals surface area contributed by atoms with Crippen LogP contribution in [-0.4, -0.2) is 0 Å². The molecule has 77 valence electrons. The summed E-state index contributed by atoms with van der Waals surface area (Å²) in [6, 6.07) is 17.1. The predicted molar refractivity (Wildman–Crippen MR) is 70.7 cm³/mol. The van der Waals surface area contributed by atoms with Crippen molar-refractivity contribution in [3.8, 4) is 0 Å². The Hall–Kier alpha value is -1.82. The minimum absolute atomic E-state index is 1.10. The number of hydrogen-bond acceptors (Lipinski definition) is 0. The molecule has 3 aromatic rings. The van der Waals surface area contributed by atoms with Crippen LogP contribution in [0.25, 0.3) is 21.5 Å². The summed E-state index contributed by atoms with van der Waals surface area (Å²) in [6.07, 6.45) is 0. The molecule has 0 aliphatic carbocycles. The van der Waals surface area contributed by atoms with E-state index in [2.05, 4.69) is 62.4 Å². The Labute approximate surface area is 95.5 Å². The molecule has 0 bridgehead atoms. The van der Waals surface area contributed by atoms with E-state index in [1.165, 1.54) is 27.1 Å². The lowest BCUT2D eigenvalue weighted by atomic mass is 9.95. The van der Waals surface area contributed by atoms with Crippen molar-refractivity contribution in [3.05, 3.63) is 66.6 Å². The first-order valence-corrected chi connectivity index (χ1v) is 5.50. The van der Waals surface area contributed by atoms with Gasteiger partial charge in [0.05, 0.1) is 0 Å². The first-order valence-electron chi connectivity index (χ1n) is 5.50. The molecule has 0 aliphatic rings. The molecule has 0 amide bonds.